The highest BCUT2D eigenvalue weighted by atomic mass is 79.9. The molecule has 2 aliphatic carbocycles. The number of aromatic amines is 1. The Morgan fingerprint density at radius 2 is 1.69 bits per heavy atom. The topological polar surface area (TPSA) is 109 Å². The van der Waals surface area contributed by atoms with Crippen LogP contribution in [0, 0.1) is 29.6 Å². The Kier molecular flexibility index (Phi) is 7.94. The van der Waals surface area contributed by atoms with E-state index in [-0.39, 0.29) is 46.1 Å². The zero-order valence-corrected chi connectivity index (χ0v) is 30.1. The van der Waals surface area contributed by atoms with E-state index in [4.69, 9.17) is 4.74 Å². The van der Waals surface area contributed by atoms with Gasteiger partial charge < -0.3 is 15.0 Å². The third kappa shape index (κ3) is 5.32. The molecule has 3 amide bonds. The van der Waals surface area contributed by atoms with Crippen LogP contribution in [0.3, 0.4) is 0 Å². The van der Waals surface area contributed by atoms with Crippen LogP contribution in [0.5, 0.6) is 5.75 Å². The summed E-state index contributed by atoms with van der Waals surface area (Å²) in [5, 5.41) is 5.36. The van der Waals surface area contributed by atoms with Crippen molar-refractivity contribution in [3.63, 3.8) is 0 Å². The van der Waals surface area contributed by atoms with E-state index in [1.165, 1.54) is 23.9 Å². The number of hydrogen-bond acceptors (Lipinski definition) is 7. The van der Waals surface area contributed by atoms with E-state index in [1.54, 1.807) is 12.1 Å². The molecule has 4 aliphatic rings. The average molecular weight is 807 g/mol. The molecule has 9 rings (SSSR count). The average Bonchev–Trinajstić information content (AvgIpc) is 3.86. The van der Waals surface area contributed by atoms with Crippen molar-refractivity contribution < 1.29 is 32.3 Å². The minimum atomic E-state index is -4.63. The summed E-state index contributed by atoms with van der Waals surface area (Å²) in [7, 11) is 0. The molecule has 264 valence electrons. The number of rotatable bonds is 6. The van der Waals surface area contributed by atoms with Gasteiger partial charge in [-0.3, -0.25) is 24.1 Å². The minimum Gasteiger partial charge on any atom is -0.483 e. The Hall–Kier alpha value is -4.40. The molecule has 2 bridgehead atoms. The number of nitrogens with one attached hydrogen (secondary N) is 2. The second kappa shape index (κ2) is 12.3. The van der Waals surface area contributed by atoms with Gasteiger partial charge >= 0.3 is 11.0 Å². The third-order valence-corrected chi connectivity index (χ3v) is 14.0. The number of nitrogens with zero attached hydrogens (tertiary/aromatic N) is 1. The van der Waals surface area contributed by atoms with Crippen LogP contribution < -0.4 is 19.8 Å². The predicted octanol–water partition coefficient (Wildman–Crippen LogP) is 8.07. The first-order valence-electron chi connectivity index (χ1n) is 16.6. The molecule has 2 N–H and O–H groups in total. The zero-order valence-electron chi connectivity index (χ0n) is 26.9. The maximum atomic E-state index is 14.1. The van der Waals surface area contributed by atoms with Gasteiger partial charge in [0.2, 0.25) is 11.8 Å². The van der Waals surface area contributed by atoms with E-state index in [0.29, 0.717) is 22.9 Å². The van der Waals surface area contributed by atoms with Crippen LogP contribution in [0.15, 0.2) is 99.2 Å². The number of thiazole rings is 1. The Balaban J connectivity index is 1.05. The maximum absolute atomic E-state index is 14.1. The molecule has 3 fully saturated rings. The van der Waals surface area contributed by atoms with E-state index in [0.717, 1.165) is 54.1 Å². The molecule has 0 radical (unpaired) electrons. The number of thioether (sulfide) groups is 1. The Morgan fingerprint density at radius 3 is 2.50 bits per heavy atom. The molecule has 1 saturated heterocycles. The molecule has 52 heavy (non-hydrogen) atoms. The van der Waals surface area contributed by atoms with Crippen LogP contribution in [-0.4, -0.2) is 34.6 Å². The molecule has 2 aliphatic heterocycles. The monoisotopic (exact) mass is 805 g/mol. The number of alkyl halides is 3. The highest BCUT2D eigenvalue weighted by Crippen LogP contribution is 2.69. The van der Waals surface area contributed by atoms with Crippen LogP contribution in [0.4, 0.5) is 24.5 Å². The van der Waals surface area contributed by atoms with Crippen LogP contribution in [-0.2, 0) is 20.6 Å². The number of benzene rings is 4. The summed E-state index contributed by atoms with van der Waals surface area (Å²) in [4.78, 5) is 58.7. The Morgan fingerprint density at radius 1 is 0.942 bits per heavy atom. The van der Waals surface area contributed by atoms with Gasteiger partial charge in [0.1, 0.15) is 5.75 Å². The molecule has 5 aromatic rings. The molecule has 4 aromatic carbocycles. The second-order valence-electron chi connectivity index (χ2n) is 13.6. The van der Waals surface area contributed by atoms with Crippen LogP contribution in [0.1, 0.15) is 28.3 Å². The first-order valence-corrected chi connectivity index (χ1v) is 19.1. The number of aromatic nitrogens is 1. The first-order chi connectivity index (χ1) is 25.0. The Labute approximate surface area is 310 Å². The summed E-state index contributed by atoms with van der Waals surface area (Å²) in [6, 6.07) is 23.2. The molecule has 7 atom stereocenters. The molecule has 0 unspecified atom stereocenters. The number of halogens is 4. The lowest BCUT2D eigenvalue weighted by Crippen LogP contribution is -2.42. The van der Waals surface area contributed by atoms with E-state index in [1.807, 2.05) is 48.5 Å². The van der Waals surface area contributed by atoms with Gasteiger partial charge in [0.25, 0.3) is 5.91 Å². The smallest absolute Gasteiger partial charge is 0.416 e. The fourth-order valence-electron chi connectivity index (χ4n) is 9.00. The van der Waals surface area contributed by atoms with Crippen molar-refractivity contribution in [1.82, 2.24) is 4.98 Å². The standard InChI is InChI=1S/C38H27BrF3N3O5S2/c39-19-11-12-26(50-16-27(46)43-25-10-3-6-17-5-1-2-9-21(17)25)22(14-19)28-29-23-15-24(32(29)51-34-33(28)52-37(49)44-34)31-30(23)35(47)45(36(31)48)20-8-4-7-18(13-20)38(40,41)42/h1-14,23-24,28-32H,15-16H2,(H,43,46)(H,44,49)/t23-,24-,28+,29-,30+,31+,32-/m1/s1. The van der Waals surface area contributed by atoms with Crippen molar-refractivity contribution in [1.29, 1.82) is 0 Å². The number of H-pyrrole nitrogens is 1. The summed E-state index contributed by atoms with van der Waals surface area (Å²) in [5.41, 5.74) is 0.368. The lowest BCUT2D eigenvalue weighted by molar-refractivity contribution is -0.137. The van der Waals surface area contributed by atoms with E-state index in [2.05, 4.69) is 26.2 Å². The molecule has 3 heterocycles. The lowest BCUT2D eigenvalue weighted by atomic mass is 9.68. The first kappa shape index (κ1) is 33.4. The predicted molar refractivity (Wildman–Crippen MR) is 195 cm³/mol. The molecule has 8 nitrogen and oxygen atoms in total. The van der Waals surface area contributed by atoms with Gasteiger partial charge in [0, 0.05) is 37.2 Å². The van der Waals surface area contributed by atoms with Gasteiger partial charge in [-0.05, 0) is 72.0 Å². The van der Waals surface area contributed by atoms with Gasteiger partial charge in [-0.25, -0.2) is 0 Å². The van der Waals surface area contributed by atoms with Gasteiger partial charge in [-0.1, -0.05) is 69.7 Å². The highest BCUT2D eigenvalue weighted by Gasteiger charge is 2.70. The van der Waals surface area contributed by atoms with Crippen molar-refractivity contribution >= 4 is 78.9 Å². The van der Waals surface area contributed by atoms with Crippen molar-refractivity contribution in [3.05, 3.63) is 115 Å². The number of imide groups is 1. The normalized spacial score (nSPS) is 26.0. The molecule has 0 spiro atoms. The molecule has 2 saturated carbocycles. The van der Waals surface area contributed by atoms with Crippen molar-refractivity contribution in [2.24, 2.45) is 29.6 Å². The number of fused-ring (bicyclic) bond motifs is 10. The van der Waals surface area contributed by atoms with Gasteiger partial charge in [-0.15, -0.1) is 11.8 Å². The maximum Gasteiger partial charge on any atom is 0.416 e. The summed E-state index contributed by atoms with van der Waals surface area (Å²) < 4.78 is 47.8. The summed E-state index contributed by atoms with van der Waals surface area (Å²) in [6.07, 6.45) is -4.04. The largest absolute Gasteiger partial charge is 0.483 e. The molecule has 1 aromatic heterocycles. The Bertz CT molecular complexity index is 2370. The van der Waals surface area contributed by atoms with Crippen molar-refractivity contribution in [2.75, 3.05) is 16.8 Å². The number of anilines is 2. The van der Waals surface area contributed by atoms with E-state index >= 15 is 0 Å². The number of carbonyl (C=O) groups is 3. The van der Waals surface area contributed by atoms with E-state index in [9.17, 15) is 32.3 Å². The van der Waals surface area contributed by atoms with E-state index < -0.39 is 41.3 Å². The quantitative estimate of drug-likeness (QED) is 0.168. The highest BCUT2D eigenvalue weighted by molar-refractivity contribution is 9.10. The van der Waals surface area contributed by atoms with Crippen molar-refractivity contribution in [3.8, 4) is 5.75 Å². The summed E-state index contributed by atoms with van der Waals surface area (Å²) in [6.45, 7) is -0.292. The fraction of sp³-hybridized carbons (Fsp3) is 0.263. The van der Waals surface area contributed by atoms with Gasteiger partial charge in [0.15, 0.2) is 6.61 Å². The molecular formula is C38H27BrF3N3O5S2. The van der Waals surface area contributed by atoms with Crippen LogP contribution in [0.2, 0.25) is 0 Å². The van der Waals surface area contributed by atoms with Crippen molar-refractivity contribution in [2.45, 2.75) is 28.8 Å². The second-order valence-corrected chi connectivity index (χ2v) is 16.7. The van der Waals surface area contributed by atoms with Crippen LogP contribution >= 0.6 is 39.0 Å². The molecular weight excluding hydrogens is 779 g/mol. The van der Waals surface area contributed by atoms with Crippen LogP contribution in [0.25, 0.3) is 10.8 Å². The number of carbonyl (C=O) groups excluding carboxylic acids is 3. The fourth-order valence-corrected chi connectivity index (χ4v) is 12.3. The van der Waals surface area contributed by atoms with Gasteiger partial charge in [0.05, 0.1) is 28.1 Å². The van der Waals surface area contributed by atoms with Gasteiger partial charge in [-0.2, -0.15) is 13.2 Å². The number of amides is 3. The lowest BCUT2D eigenvalue weighted by Gasteiger charge is -2.43. The summed E-state index contributed by atoms with van der Waals surface area (Å²) >= 11 is 6.18. The summed E-state index contributed by atoms with van der Waals surface area (Å²) in [5.74, 6) is -3.41. The molecule has 14 heteroatoms. The third-order valence-electron chi connectivity index (χ3n) is 10.9. The number of ether oxygens (including phenoxy) is 1. The SMILES string of the molecule is O=C(COc1ccc(Br)cc1[C@@H]1c2sc(=O)[nH]c2S[C@@H]2[C@@H]3C[C@@H]([C@@H]4C(=O)N(c5cccc(C(F)(F)F)c5)C(=O)[C@@H]34)[C@H]12)Nc1cccc2ccccc12. The zero-order chi connectivity index (χ0) is 36.1. The minimum absolute atomic E-state index is 0.0845. The number of hydrogen-bond donors (Lipinski definition) is 2.